The molecule has 6 heteroatoms. The second-order valence-electron chi connectivity index (χ2n) is 19.8. The van der Waals surface area contributed by atoms with E-state index in [4.69, 9.17) is 14.2 Å². The number of rotatable bonds is 52. The Hall–Kier alpha value is -1.59. The lowest BCUT2D eigenvalue weighted by Gasteiger charge is -2.18. The van der Waals surface area contributed by atoms with Crippen LogP contribution in [0.25, 0.3) is 0 Å². The third kappa shape index (κ3) is 49.7. The highest BCUT2D eigenvalue weighted by Crippen LogP contribution is 2.18. The normalized spacial score (nSPS) is 12.4. The van der Waals surface area contributed by atoms with E-state index in [0.29, 0.717) is 19.3 Å². The first-order valence-electron chi connectivity index (χ1n) is 28.4. The third-order valence-corrected chi connectivity index (χ3v) is 13.4. The number of carbonyl (C=O) groups is 3. The molecule has 1 unspecified atom stereocenters. The van der Waals surface area contributed by atoms with Crippen LogP contribution >= 0.6 is 0 Å². The highest BCUT2D eigenvalue weighted by molar-refractivity contribution is 5.71. The van der Waals surface area contributed by atoms with Gasteiger partial charge in [-0.15, -0.1) is 0 Å². The van der Waals surface area contributed by atoms with E-state index < -0.39 is 6.10 Å². The van der Waals surface area contributed by atoms with Gasteiger partial charge in [-0.2, -0.15) is 0 Å². The molecule has 0 N–H and O–H groups in total. The summed E-state index contributed by atoms with van der Waals surface area (Å²) in [4.78, 5) is 38.0. The van der Waals surface area contributed by atoms with Crippen molar-refractivity contribution in [3.8, 4) is 0 Å². The van der Waals surface area contributed by atoms with Crippen LogP contribution in [0.2, 0.25) is 0 Å². The molecule has 0 aromatic heterocycles. The van der Waals surface area contributed by atoms with Gasteiger partial charge in [0.25, 0.3) is 0 Å². The maximum absolute atomic E-state index is 12.8. The summed E-state index contributed by atoms with van der Waals surface area (Å²) in [6, 6.07) is 0. The van der Waals surface area contributed by atoms with Crippen LogP contribution < -0.4 is 0 Å². The Bertz CT molecular complexity index is 951. The molecule has 0 aromatic rings. The molecule has 0 heterocycles. The molecular weight excluding hydrogens is 781 g/mol. The van der Waals surface area contributed by atoms with Gasteiger partial charge in [0.1, 0.15) is 13.2 Å². The molecule has 0 saturated heterocycles. The third-order valence-electron chi connectivity index (χ3n) is 13.4. The highest BCUT2D eigenvalue weighted by atomic mass is 16.6. The first kappa shape index (κ1) is 61.4. The van der Waals surface area contributed by atoms with Crippen LogP contribution in [0.5, 0.6) is 0 Å². The van der Waals surface area contributed by atoms with Gasteiger partial charge in [0, 0.05) is 19.3 Å². The number of unbranched alkanes of at least 4 members (excludes halogenated alkanes) is 38. The van der Waals surface area contributed by atoms with Crippen molar-refractivity contribution in [3.05, 3.63) is 0 Å². The van der Waals surface area contributed by atoms with Gasteiger partial charge in [-0.3, -0.25) is 14.4 Å². The molecule has 0 fully saturated rings. The van der Waals surface area contributed by atoms with E-state index in [-0.39, 0.29) is 31.1 Å². The molecule has 0 spiro atoms. The lowest BCUT2D eigenvalue weighted by molar-refractivity contribution is -0.167. The van der Waals surface area contributed by atoms with E-state index in [2.05, 4.69) is 27.7 Å². The molecule has 2 atom stereocenters. The van der Waals surface area contributed by atoms with E-state index >= 15 is 0 Å². The highest BCUT2D eigenvalue weighted by Gasteiger charge is 2.19. The Morgan fingerprint density at radius 1 is 0.317 bits per heavy atom. The van der Waals surface area contributed by atoms with Crippen molar-refractivity contribution in [2.24, 2.45) is 5.92 Å². The largest absolute Gasteiger partial charge is 0.462 e. The fraction of sp³-hybridized carbons (Fsp3) is 0.947. The quantitative estimate of drug-likeness (QED) is 0.0344. The fourth-order valence-corrected chi connectivity index (χ4v) is 8.72. The van der Waals surface area contributed by atoms with Crippen molar-refractivity contribution in [3.63, 3.8) is 0 Å². The van der Waals surface area contributed by atoms with E-state index in [9.17, 15) is 14.4 Å². The Kier molecular flexibility index (Phi) is 50.1. The van der Waals surface area contributed by atoms with Gasteiger partial charge in [0.15, 0.2) is 6.10 Å². The molecule has 374 valence electrons. The SMILES string of the molecule is CCCCCCCCCCCCCCCCCCCC(=O)OC[C@H](COC(=O)CCCCCCCCCCCC)OC(=O)CCCCCCCCCCCCCCCCC(C)CC. The molecule has 63 heavy (non-hydrogen) atoms. The molecule has 0 rings (SSSR count). The van der Waals surface area contributed by atoms with Crippen LogP contribution in [-0.2, 0) is 28.6 Å². The molecular formula is C57H110O6. The average molecular weight is 892 g/mol. The minimum Gasteiger partial charge on any atom is -0.462 e. The number of hydrogen-bond acceptors (Lipinski definition) is 6. The zero-order valence-electron chi connectivity index (χ0n) is 43.0. The van der Waals surface area contributed by atoms with Gasteiger partial charge in [-0.25, -0.2) is 0 Å². The van der Waals surface area contributed by atoms with Crippen LogP contribution in [-0.4, -0.2) is 37.2 Å². The maximum atomic E-state index is 12.8. The summed E-state index contributed by atoms with van der Waals surface area (Å²) in [5.41, 5.74) is 0. The van der Waals surface area contributed by atoms with Crippen LogP contribution in [0.1, 0.15) is 323 Å². The number of esters is 3. The van der Waals surface area contributed by atoms with Gasteiger partial charge >= 0.3 is 17.9 Å². The molecule has 6 nitrogen and oxygen atoms in total. The van der Waals surface area contributed by atoms with Crippen LogP contribution in [0, 0.1) is 5.92 Å². The molecule has 0 aliphatic carbocycles. The molecule has 0 amide bonds. The second-order valence-corrected chi connectivity index (χ2v) is 19.8. The van der Waals surface area contributed by atoms with Gasteiger partial charge in [-0.1, -0.05) is 285 Å². The summed E-state index contributed by atoms with van der Waals surface area (Å²) in [6.07, 6.45) is 55.1. The Morgan fingerprint density at radius 3 is 0.825 bits per heavy atom. The number of hydrogen-bond donors (Lipinski definition) is 0. The van der Waals surface area contributed by atoms with Crippen LogP contribution in [0.3, 0.4) is 0 Å². The summed E-state index contributed by atoms with van der Waals surface area (Å²) in [7, 11) is 0. The van der Waals surface area contributed by atoms with Crippen molar-refractivity contribution in [2.45, 2.75) is 329 Å². The van der Waals surface area contributed by atoms with Gasteiger partial charge in [0.2, 0.25) is 0 Å². The lowest BCUT2D eigenvalue weighted by atomic mass is 9.99. The van der Waals surface area contributed by atoms with E-state index in [1.165, 1.54) is 218 Å². The predicted octanol–water partition coefficient (Wildman–Crippen LogP) is 18.6. The van der Waals surface area contributed by atoms with E-state index in [1.54, 1.807) is 0 Å². The van der Waals surface area contributed by atoms with Gasteiger partial charge < -0.3 is 14.2 Å². The Labute approximate surface area is 393 Å². The average Bonchev–Trinajstić information content (AvgIpc) is 3.28. The lowest BCUT2D eigenvalue weighted by Crippen LogP contribution is -2.30. The number of ether oxygens (including phenoxy) is 3. The second kappa shape index (κ2) is 51.4. The summed E-state index contributed by atoms with van der Waals surface area (Å²) >= 11 is 0. The zero-order valence-corrected chi connectivity index (χ0v) is 43.0. The molecule has 0 radical (unpaired) electrons. The molecule has 0 aliphatic heterocycles. The topological polar surface area (TPSA) is 78.9 Å². The minimum absolute atomic E-state index is 0.0620. The molecule has 0 aliphatic rings. The van der Waals surface area contributed by atoms with E-state index in [1.807, 2.05) is 0 Å². The Balaban J connectivity index is 4.25. The first-order chi connectivity index (χ1) is 30.9. The van der Waals surface area contributed by atoms with Crippen molar-refractivity contribution in [2.75, 3.05) is 13.2 Å². The van der Waals surface area contributed by atoms with Crippen molar-refractivity contribution in [1.82, 2.24) is 0 Å². The smallest absolute Gasteiger partial charge is 0.306 e. The summed E-state index contributed by atoms with van der Waals surface area (Å²) < 4.78 is 16.9. The predicted molar refractivity (Wildman–Crippen MR) is 270 cm³/mol. The summed E-state index contributed by atoms with van der Waals surface area (Å²) in [5.74, 6) is 0.0557. The van der Waals surface area contributed by atoms with Crippen molar-refractivity contribution < 1.29 is 28.6 Å². The molecule has 0 aromatic carbocycles. The monoisotopic (exact) mass is 891 g/mol. The number of carbonyl (C=O) groups excluding carboxylic acids is 3. The summed E-state index contributed by atoms with van der Waals surface area (Å²) in [5, 5.41) is 0. The first-order valence-corrected chi connectivity index (χ1v) is 28.4. The minimum atomic E-state index is -0.761. The standard InChI is InChI=1S/C57H110O6/c1-5-8-10-12-14-16-18-19-20-21-22-26-29-33-37-41-45-49-56(59)62-52-54(51-61-55(58)48-44-40-36-32-17-15-13-11-9-6-2)63-57(60)50-46-42-38-34-30-27-24-23-25-28-31-35-39-43-47-53(4)7-3/h53-54H,5-52H2,1-4H3/t53?,54-/m0/s1. The maximum Gasteiger partial charge on any atom is 0.306 e. The fourth-order valence-electron chi connectivity index (χ4n) is 8.72. The summed E-state index contributed by atoms with van der Waals surface area (Å²) in [6.45, 7) is 9.08. The van der Waals surface area contributed by atoms with Crippen LogP contribution in [0.4, 0.5) is 0 Å². The van der Waals surface area contributed by atoms with Crippen molar-refractivity contribution >= 4 is 17.9 Å². The van der Waals surface area contributed by atoms with Crippen LogP contribution in [0.15, 0.2) is 0 Å². The molecule has 0 saturated carbocycles. The zero-order chi connectivity index (χ0) is 45.9. The van der Waals surface area contributed by atoms with Gasteiger partial charge in [-0.05, 0) is 25.2 Å². The van der Waals surface area contributed by atoms with E-state index in [0.717, 1.165) is 63.7 Å². The molecule has 0 bridgehead atoms. The van der Waals surface area contributed by atoms with Crippen molar-refractivity contribution in [1.29, 1.82) is 0 Å². The Morgan fingerprint density at radius 2 is 0.556 bits per heavy atom. The van der Waals surface area contributed by atoms with Gasteiger partial charge in [0.05, 0.1) is 0 Å².